The predicted octanol–water partition coefficient (Wildman–Crippen LogP) is 3.72. The molecule has 0 N–H and O–H groups in total. The lowest BCUT2D eigenvalue weighted by atomic mass is 9.88. The van der Waals surface area contributed by atoms with E-state index in [1.165, 1.54) is 25.0 Å². The lowest BCUT2D eigenvalue weighted by Gasteiger charge is -2.17. The van der Waals surface area contributed by atoms with E-state index in [9.17, 15) is 8.78 Å². The van der Waals surface area contributed by atoms with Gasteiger partial charge in [0.15, 0.2) is 11.6 Å². The molecule has 2 unspecified atom stereocenters. The minimum atomic E-state index is -0.753. The second-order valence-corrected chi connectivity index (χ2v) is 4.99. The van der Waals surface area contributed by atoms with Crippen LogP contribution in [0.25, 0.3) is 0 Å². The number of fused-ring (bicyclic) bond motifs is 2. The van der Waals surface area contributed by atoms with Crippen molar-refractivity contribution in [2.75, 3.05) is 0 Å². The van der Waals surface area contributed by atoms with Crippen LogP contribution in [0, 0.1) is 29.4 Å². The molecule has 0 heterocycles. The zero-order chi connectivity index (χ0) is 11.1. The van der Waals surface area contributed by atoms with Gasteiger partial charge in [-0.15, -0.1) is 0 Å². The average Bonchev–Trinajstić information content (AvgIpc) is 2.85. The highest BCUT2D eigenvalue weighted by atomic mass is 19.2. The van der Waals surface area contributed by atoms with Crippen LogP contribution >= 0.6 is 0 Å². The van der Waals surface area contributed by atoms with Crippen molar-refractivity contribution in [2.45, 2.75) is 19.3 Å². The van der Waals surface area contributed by atoms with Crippen LogP contribution in [0.2, 0.25) is 0 Å². The van der Waals surface area contributed by atoms with Gasteiger partial charge in [-0.1, -0.05) is 18.2 Å². The predicted molar refractivity (Wildman–Crippen MR) is 58.9 cm³/mol. The zero-order valence-corrected chi connectivity index (χ0v) is 9.00. The molecule has 0 saturated heterocycles. The molecule has 16 heavy (non-hydrogen) atoms. The van der Waals surface area contributed by atoms with Crippen LogP contribution in [-0.4, -0.2) is 0 Å². The van der Waals surface area contributed by atoms with Crippen LogP contribution in [0.4, 0.5) is 8.78 Å². The van der Waals surface area contributed by atoms with Gasteiger partial charge >= 0.3 is 0 Å². The summed E-state index contributed by atoms with van der Waals surface area (Å²) < 4.78 is 25.8. The summed E-state index contributed by atoms with van der Waals surface area (Å²) >= 11 is 0. The van der Waals surface area contributed by atoms with Crippen molar-refractivity contribution in [2.24, 2.45) is 17.8 Å². The smallest absolute Gasteiger partial charge is 0.159 e. The van der Waals surface area contributed by atoms with Gasteiger partial charge in [-0.2, -0.15) is 0 Å². The Bertz CT molecular complexity index is 436. The first-order valence-electron chi connectivity index (χ1n) is 5.84. The van der Waals surface area contributed by atoms with Gasteiger partial charge in [0.25, 0.3) is 0 Å². The van der Waals surface area contributed by atoms with Gasteiger partial charge in [0, 0.05) is 0 Å². The zero-order valence-electron chi connectivity index (χ0n) is 9.00. The summed E-state index contributed by atoms with van der Waals surface area (Å²) in [6.07, 6.45) is 7.93. The first-order valence-corrected chi connectivity index (χ1v) is 5.84. The van der Waals surface area contributed by atoms with Crippen molar-refractivity contribution in [3.05, 3.63) is 47.5 Å². The van der Waals surface area contributed by atoms with E-state index >= 15 is 0 Å². The number of halogens is 2. The molecular formula is C14H14F2. The number of benzene rings is 1. The largest absolute Gasteiger partial charge is 0.204 e. The van der Waals surface area contributed by atoms with Crippen LogP contribution in [0.3, 0.4) is 0 Å². The fourth-order valence-corrected chi connectivity index (χ4v) is 3.10. The van der Waals surface area contributed by atoms with E-state index in [-0.39, 0.29) is 0 Å². The molecular weight excluding hydrogens is 206 g/mol. The summed E-state index contributed by atoms with van der Waals surface area (Å²) in [5.74, 6) is 0.547. The van der Waals surface area contributed by atoms with Crippen LogP contribution in [0.1, 0.15) is 18.4 Å². The Morgan fingerprint density at radius 3 is 2.56 bits per heavy atom. The van der Waals surface area contributed by atoms with E-state index < -0.39 is 11.6 Å². The SMILES string of the molecule is Fc1ccc(CC2C[C@H]3C=CC2C3)cc1F. The topological polar surface area (TPSA) is 0 Å². The average molecular weight is 220 g/mol. The minimum absolute atomic E-state index is 0.625. The van der Waals surface area contributed by atoms with E-state index in [2.05, 4.69) is 12.2 Å². The highest BCUT2D eigenvalue weighted by Gasteiger charge is 2.35. The molecule has 2 aliphatic rings. The van der Waals surface area contributed by atoms with Gasteiger partial charge in [-0.3, -0.25) is 0 Å². The molecule has 0 radical (unpaired) electrons. The van der Waals surface area contributed by atoms with E-state index in [0.29, 0.717) is 11.8 Å². The number of rotatable bonds is 2. The molecule has 2 aliphatic carbocycles. The summed E-state index contributed by atoms with van der Waals surface area (Å²) in [6, 6.07) is 4.27. The van der Waals surface area contributed by atoms with Crippen molar-refractivity contribution in [3.8, 4) is 0 Å². The molecule has 1 saturated carbocycles. The van der Waals surface area contributed by atoms with Crippen molar-refractivity contribution in [3.63, 3.8) is 0 Å². The molecule has 3 atom stereocenters. The molecule has 0 aliphatic heterocycles. The number of hydrogen-bond acceptors (Lipinski definition) is 0. The molecule has 0 amide bonds. The molecule has 0 nitrogen and oxygen atoms in total. The molecule has 1 aromatic carbocycles. The third kappa shape index (κ3) is 1.66. The Labute approximate surface area is 94.0 Å². The van der Waals surface area contributed by atoms with Gasteiger partial charge < -0.3 is 0 Å². The van der Waals surface area contributed by atoms with Crippen molar-refractivity contribution < 1.29 is 8.78 Å². The Kier molecular flexibility index (Phi) is 2.31. The normalized spacial score (nSPS) is 31.2. The Hall–Kier alpha value is -1.18. The van der Waals surface area contributed by atoms with E-state index in [1.807, 2.05) is 0 Å². The molecule has 2 heteroatoms. The fraction of sp³-hybridized carbons (Fsp3) is 0.429. The maximum absolute atomic E-state index is 13.1. The van der Waals surface area contributed by atoms with Crippen LogP contribution < -0.4 is 0 Å². The van der Waals surface area contributed by atoms with E-state index in [4.69, 9.17) is 0 Å². The van der Waals surface area contributed by atoms with Crippen molar-refractivity contribution >= 4 is 0 Å². The molecule has 3 rings (SSSR count). The number of allylic oxidation sites excluding steroid dienone is 2. The van der Waals surface area contributed by atoms with E-state index in [0.717, 1.165) is 17.9 Å². The summed E-state index contributed by atoms with van der Waals surface area (Å²) in [4.78, 5) is 0. The fourth-order valence-electron chi connectivity index (χ4n) is 3.10. The summed E-state index contributed by atoms with van der Waals surface area (Å²) in [5.41, 5.74) is 0.921. The lowest BCUT2D eigenvalue weighted by Crippen LogP contribution is -2.10. The van der Waals surface area contributed by atoms with Crippen molar-refractivity contribution in [1.82, 2.24) is 0 Å². The third-order valence-corrected chi connectivity index (χ3v) is 3.90. The Balaban J connectivity index is 1.75. The Morgan fingerprint density at radius 1 is 1.06 bits per heavy atom. The maximum atomic E-state index is 13.1. The Morgan fingerprint density at radius 2 is 1.94 bits per heavy atom. The van der Waals surface area contributed by atoms with Crippen molar-refractivity contribution in [1.29, 1.82) is 0 Å². The first-order chi connectivity index (χ1) is 7.72. The number of hydrogen-bond donors (Lipinski definition) is 0. The van der Waals surface area contributed by atoms with Gasteiger partial charge in [-0.25, -0.2) is 8.78 Å². The summed E-state index contributed by atoms with van der Waals surface area (Å²) in [7, 11) is 0. The molecule has 2 bridgehead atoms. The third-order valence-electron chi connectivity index (χ3n) is 3.90. The molecule has 0 aromatic heterocycles. The summed E-state index contributed by atoms with van der Waals surface area (Å²) in [6.45, 7) is 0. The summed E-state index contributed by atoms with van der Waals surface area (Å²) in [5, 5.41) is 0. The van der Waals surface area contributed by atoms with Gasteiger partial charge in [0.2, 0.25) is 0 Å². The van der Waals surface area contributed by atoms with Gasteiger partial charge in [-0.05, 0) is 54.7 Å². The highest BCUT2D eigenvalue weighted by Crippen LogP contribution is 2.44. The second kappa shape index (κ2) is 3.69. The highest BCUT2D eigenvalue weighted by molar-refractivity contribution is 5.20. The van der Waals surface area contributed by atoms with Gasteiger partial charge in [0.05, 0.1) is 0 Å². The lowest BCUT2D eigenvalue weighted by molar-refractivity contribution is 0.442. The molecule has 0 spiro atoms. The molecule has 1 fully saturated rings. The van der Waals surface area contributed by atoms with Gasteiger partial charge in [0.1, 0.15) is 0 Å². The monoisotopic (exact) mass is 220 g/mol. The van der Waals surface area contributed by atoms with Crippen LogP contribution in [-0.2, 0) is 6.42 Å². The standard InChI is InChI=1S/C14H14F2/c15-13-4-2-10(8-14(13)16)7-12-6-9-1-3-11(12)5-9/h1-4,8-9,11-12H,5-7H2/t9-,11?,12?/m0/s1. The first kappa shape index (κ1) is 10.0. The molecule has 84 valence electrons. The van der Waals surface area contributed by atoms with E-state index in [1.54, 1.807) is 6.07 Å². The maximum Gasteiger partial charge on any atom is 0.159 e. The van der Waals surface area contributed by atoms with Crippen LogP contribution in [0.15, 0.2) is 30.4 Å². The van der Waals surface area contributed by atoms with Crippen LogP contribution in [0.5, 0.6) is 0 Å². The second-order valence-electron chi connectivity index (χ2n) is 4.99. The quantitative estimate of drug-likeness (QED) is 0.666. The minimum Gasteiger partial charge on any atom is -0.204 e. The molecule has 1 aromatic rings.